The molecule has 18 heteroatoms. The Kier molecular flexibility index (Phi) is 17.6. The van der Waals surface area contributed by atoms with Crippen LogP contribution >= 0.6 is 0 Å². The van der Waals surface area contributed by atoms with Gasteiger partial charge in [-0.2, -0.15) is 0 Å². The van der Waals surface area contributed by atoms with Gasteiger partial charge in [0.25, 0.3) is 0 Å². The van der Waals surface area contributed by atoms with Crippen LogP contribution in [-0.4, -0.2) is 90.5 Å². The maximum absolute atomic E-state index is 13.2. The Morgan fingerprint density at radius 3 is 1.49 bits per heavy atom. The third-order valence-corrected chi connectivity index (χ3v) is 5.81. The number of nitrogens with two attached hydrogens (primary N) is 4. The molecule has 0 aromatic heterocycles. The molecular weight excluding hydrogens is 538 g/mol. The summed E-state index contributed by atoms with van der Waals surface area (Å²) in [6, 6.07) is -4.38. The van der Waals surface area contributed by atoms with Gasteiger partial charge in [0.1, 0.15) is 18.1 Å². The minimum atomic E-state index is -1.27. The molecule has 0 aliphatic heterocycles. The van der Waals surface area contributed by atoms with Crippen LogP contribution in [0.25, 0.3) is 0 Å². The van der Waals surface area contributed by atoms with Gasteiger partial charge in [-0.15, -0.1) is 0 Å². The average Bonchev–Trinajstić information content (AvgIpc) is 2.87. The third-order valence-electron chi connectivity index (χ3n) is 5.81. The van der Waals surface area contributed by atoms with E-state index in [9.17, 15) is 24.3 Å². The molecule has 0 aliphatic carbocycles. The molecule has 18 N–H and O–H groups in total. The molecule has 0 bridgehead atoms. The van der Waals surface area contributed by atoms with E-state index in [2.05, 4.69) is 31.9 Å². The largest absolute Gasteiger partial charge is 0.480 e. The number of carboxylic acid groups (broad SMARTS) is 1. The van der Waals surface area contributed by atoms with E-state index in [1.54, 1.807) is 13.8 Å². The van der Waals surface area contributed by atoms with Crippen molar-refractivity contribution in [3.63, 3.8) is 0 Å². The van der Waals surface area contributed by atoms with E-state index in [1.165, 1.54) is 0 Å². The van der Waals surface area contributed by atoms with Crippen molar-refractivity contribution in [3.8, 4) is 0 Å². The molecule has 18 nitrogen and oxygen atoms in total. The minimum Gasteiger partial charge on any atom is -0.480 e. The number of guanidine groups is 3. The summed E-state index contributed by atoms with van der Waals surface area (Å²) in [4.78, 5) is 50.7. The lowest BCUT2D eigenvalue weighted by molar-refractivity contribution is -0.142. The van der Waals surface area contributed by atoms with E-state index >= 15 is 0 Å². The van der Waals surface area contributed by atoms with E-state index in [4.69, 9.17) is 39.2 Å². The Morgan fingerprint density at radius 2 is 1.07 bits per heavy atom. The molecule has 234 valence electrons. The third kappa shape index (κ3) is 17.1. The molecule has 0 rings (SSSR count). The van der Waals surface area contributed by atoms with Crippen LogP contribution in [0.1, 0.15) is 52.4 Å². The Bertz CT molecular complexity index is 914. The molecule has 0 saturated carbocycles. The van der Waals surface area contributed by atoms with Gasteiger partial charge >= 0.3 is 5.97 Å². The topological polar surface area (TPSA) is 336 Å². The number of nitrogens with one attached hydrogen (secondary N) is 9. The first kappa shape index (κ1) is 36.6. The molecule has 0 heterocycles. The summed E-state index contributed by atoms with van der Waals surface area (Å²) < 4.78 is 0. The van der Waals surface area contributed by atoms with Crippen LogP contribution in [0.4, 0.5) is 0 Å². The lowest BCUT2D eigenvalue weighted by atomic mass is 10.0. The molecule has 0 aliphatic rings. The van der Waals surface area contributed by atoms with E-state index in [0.717, 1.165) is 0 Å². The highest BCUT2D eigenvalue weighted by Gasteiger charge is 2.31. The molecule has 0 spiro atoms. The van der Waals surface area contributed by atoms with Gasteiger partial charge in [-0.05, 0) is 44.4 Å². The summed E-state index contributed by atoms with van der Waals surface area (Å²) in [5, 5.41) is 46.5. The van der Waals surface area contributed by atoms with Crippen LogP contribution in [0.15, 0.2) is 0 Å². The molecular formula is C23H47N13O5. The number of hydrogen-bond acceptors (Lipinski definition) is 8. The summed E-state index contributed by atoms with van der Waals surface area (Å²) in [6.07, 6.45) is 1.44. The second-order valence-electron chi connectivity index (χ2n) is 9.75. The zero-order chi connectivity index (χ0) is 31.5. The lowest BCUT2D eigenvalue weighted by Gasteiger charge is -2.27. The first-order valence-electron chi connectivity index (χ1n) is 13.3. The Labute approximate surface area is 239 Å². The summed E-state index contributed by atoms with van der Waals surface area (Å²) in [7, 11) is 0. The fraction of sp³-hybridized carbons (Fsp3) is 0.696. The van der Waals surface area contributed by atoms with Crippen molar-refractivity contribution in [1.82, 2.24) is 31.9 Å². The number of carbonyl (C=O) groups excluding carboxylic acids is 3. The first-order valence-corrected chi connectivity index (χ1v) is 13.3. The van der Waals surface area contributed by atoms with Gasteiger partial charge in [-0.1, -0.05) is 13.8 Å². The second-order valence-corrected chi connectivity index (χ2v) is 9.75. The van der Waals surface area contributed by atoms with Gasteiger partial charge in [0.15, 0.2) is 17.9 Å². The van der Waals surface area contributed by atoms with Gasteiger partial charge in [0.05, 0.1) is 6.04 Å². The number of carboxylic acids is 1. The standard InChI is InChI=1S/C23H47N13O5/c1-12(2)16(36-17(37)13(24)6-3-9-31-21(25)26)19(39)34-14(7-4-10-32-22(27)28)18(38)35-15(20(40)41)8-5-11-33-23(29)30/h12-16H,3-11,24H2,1-2H3,(H,34,39)(H,35,38)(H,36,37)(H,40,41)(H4,25,26,31)(H4,27,28,32)(H4,29,30,33). The van der Waals surface area contributed by atoms with Crippen LogP contribution in [0.2, 0.25) is 0 Å². The summed E-state index contributed by atoms with van der Waals surface area (Å²) in [5.74, 6) is -4.35. The first-order chi connectivity index (χ1) is 19.1. The van der Waals surface area contributed by atoms with E-state index in [-0.39, 0.29) is 56.1 Å². The fourth-order valence-electron chi connectivity index (χ4n) is 3.59. The van der Waals surface area contributed by atoms with E-state index < -0.39 is 47.9 Å². The Hall–Kier alpha value is -4.35. The van der Waals surface area contributed by atoms with Gasteiger partial charge < -0.3 is 59.9 Å². The second kappa shape index (κ2) is 19.7. The minimum absolute atomic E-state index is 0.0401. The van der Waals surface area contributed by atoms with Gasteiger partial charge in [0, 0.05) is 19.6 Å². The van der Waals surface area contributed by atoms with Crippen LogP contribution in [0, 0.1) is 22.1 Å². The monoisotopic (exact) mass is 585 g/mol. The summed E-state index contributed by atoms with van der Waals surface area (Å²) in [6.45, 7) is 4.22. The summed E-state index contributed by atoms with van der Waals surface area (Å²) in [5.41, 5.74) is 21.7. The zero-order valence-corrected chi connectivity index (χ0v) is 23.6. The zero-order valence-electron chi connectivity index (χ0n) is 23.6. The molecule has 3 amide bonds. The van der Waals surface area contributed by atoms with Crippen molar-refractivity contribution in [1.29, 1.82) is 16.2 Å². The number of amides is 3. The molecule has 0 saturated heterocycles. The Balaban J connectivity index is 5.43. The molecule has 0 fully saturated rings. The highest BCUT2D eigenvalue weighted by molar-refractivity contribution is 5.94. The van der Waals surface area contributed by atoms with Gasteiger partial charge in [0.2, 0.25) is 17.7 Å². The van der Waals surface area contributed by atoms with Crippen molar-refractivity contribution in [2.45, 2.75) is 76.5 Å². The number of carbonyl (C=O) groups is 4. The van der Waals surface area contributed by atoms with Crippen molar-refractivity contribution in [2.75, 3.05) is 19.6 Å². The van der Waals surface area contributed by atoms with E-state index in [1.807, 2.05) is 0 Å². The van der Waals surface area contributed by atoms with E-state index in [0.29, 0.717) is 25.8 Å². The van der Waals surface area contributed by atoms with Crippen molar-refractivity contribution < 1.29 is 24.3 Å². The SMILES string of the molecule is CC(C)C(NC(=O)C(N)CCCNC(=N)N)C(=O)NC(CCCNC(=N)N)C(=O)NC(CCCNC(=N)N)C(=O)O. The average molecular weight is 586 g/mol. The number of hydrogen-bond donors (Lipinski definition) is 14. The van der Waals surface area contributed by atoms with Crippen molar-refractivity contribution in [2.24, 2.45) is 28.9 Å². The molecule has 0 radical (unpaired) electrons. The highest BCUT2D eigenvalue weighted by atomic mass is 16.4. The predicted octanol–water partition coefficient (Wildman–Crippen LogP) is -3.70. The van der Waals surface area contributed by atoms with Crippen LogP contribution in [0.3, 0.4) is 0 Å². The number of rotatable bonds is 20. The quantitative estimate of drug-likeness (QED) is 0.0373. The smallest absolute Gasteiger partial charge is 0.326 e. The number of aliphatic carboxylic acids is 1. The van der Waals surface area contributed by atoms with Gasteiger partial charge in [-0.25, -0.2) is 4.79 Å². The van der Waals surface area contributed by atoms with Crippen LogP contribution in [-0.2, 0) is 19.2 Å². The van der Waals surface area contributed by atoms with Crippen LogP contribution < -0.4 is 54.8 Å². The molecule has 4 atom stereocenters. The van der Waals surface area contributed by atoms with Gasteiger partial charge in [-0.3, -0.25) is 30.6 Å². The maximum Gasteiger partial charge on any atom is 0.326 e. The molecule has 0 aromatic rings. The van der Waals surface area contributed by atoms with Crippen molar-refractivity contribution >= 4 is 41.6 Å². The van der Waals surface area contributed by atoms with Crippen LogP contribution in [0.5, 0.6) is 0 Å². The molecule has 0 aromatic carbocycles. The lowest BCUT2D eigenvalue weighted by Crippen LogP contribution is -2.58. The Morgan fingerprint density at radius 1 is 0.659 bits per heavy atom. The maximum atomic E-state index is 13.2. The highest BCUT2D eigenvalue weighted by Crippen LogP contribution is 2.07. The molecule has 4 unspecified atom stereocenters. The fourth-order valence-corrected chi connectivity index (χ4v) is 3.59. The molecule has 41 heavy (non-hydrogen) atoms. The van der Waals surface area contributed by atoms with Crippen molar-refractivity contribution in [3.05, 3.63) is 0 Å². The predicted molar refractivity (Wildman–Crippen MR) is 154 cm³/mol. The normalized spacial score (nSPS) is 13.6. The summed E-state index contributed by atoms with van der Waals surface area (Å²) >= 11 is 0.